The summed E-state index contributed by atoms with van der Waals surface area (Å²) in [5.41, 5.74) is 8.94. The number of carbonyl (C=O) groups is 1. The molecular formula is C13H25N3O2. The Kier molecular flexibility index (Phi) is 4.97. The predicted octanol–water partition coefficient (Wildman–Crippen LogP) is 0.649. The lowest BCUT2D eigenvalue weighted by Gasteiger charge is -2.36. The van der Waals surface area contributed by atoms with Crippen molar-refractivity contribution in [3.63, 3.8) is 0 Å². The highest BCUT2D eigenvalue weighted by Crippen LogP contribution is 2.38. The molecule has 1 aliphatic heterocycles. The zero-order valence-corrected chi connectivity index (χ0v) is 11.1. The molecule has 1 saturated carbocycles. The summed E-state index contributed by atoms with van der Waals surface area (Å²) in [5, 5.41) is 1.96. The maximum atomic E-state index is 12.1. The number of morpholine rings is 1. The van der Waals surface area contributed by atoms with E-state index in [1.165, 1.54) is 19.3 Å². The molecule has 3 N–H and O–H groups in total. The van der Waals surface area contributed by atoms with Crippen LogP contribution < -0.4 is 11.2 Å². The fourth-order valence-electron chi connectivity index (χ4n) is 2.99. The van der Waals surface area contributed by atoms with E-state index in [4.69, 9.17) is 10.5 Å². The summed E-state index contributed by atoms with van der Waals surface area (Å²) in [6.07, 6.45) is 6.47. The first-order valence-corrected chi connectivity index (χ1v) is 7.06. The number of nitrogens with one attached hydrogen (secondary N) is 1. The van der Waals surface area contributed by atoms with Crippen LogP contribution in [0, 0.1) is 5.41 Å². The van der Waals surface area contributed by atoms with Gasteiger partial charge in [0.25, 0.3) is 0 Å². The van der Waals surface area contributed by atoms with Crippen molar-refractivity contribution >= 4 is 5.91 Å². The Balaban J connectivity index is 1.81. The quantitative estimate of drug-likeness (QED) is 0.774. The smallest absolute Gasteiger partial charge is 0.234 e. The molecule has 0 aromatic heterocycles. The molecule has 0 radical (unpaired) electrons. The molecule has 1 saturated heterocycles. The number of rotatable bonds is 4. The van der Waals surface area contributed by atoms with Gasteiger partial charge in [-0.1, -0.05) is 19.3 Å². The van der Waals surface area contributed by atoms with E-state index < -0.39 is 0 Å². The lowest BCUT2D eigenvalue weighted by Crippen LogP contribution is -2.50. The topological polar surface area (TPSA) is 67.6 Å². The SMILES string of the molecule is NCC1(CC(=O)NN2CCOCC2)CCCCC1. The van der Waals surface area contributed by atoms with Crippen molar-refractivity contribution in [1.82, 2.24) is 10.4 Å². The van der Waals surface area contributed by atoms with E-state index in [9.17, 15) is 4.79 Å². The van der Waals surface area contributed by atoms with E-state index in [2.05, 4.69) is 5.43 Å². The molecule has 18 heavy (non-hydrogen) atoms. The van der Waals surface area contributed by atoms with Crippen LogP contribution in [0.25, 0.3) is 0 Å². The van der Waals surface area contributed by atoms with E-state index in [-0.39, 0.29) is 11.3 Å². The van der Waals surface area contributed by atoms with Crippen molar-refractivity contribution in [3.8, 4) is 0 Å². The Morgan fingerprint density at radius 1 is 1.22 bits per heavy atom. The van der Waals surface area contributed by atoms with Crippen molar-refractivity contribution in [3.05, 3.63) is 0 Å². The number of hydrazine groups is 1. The average Bonchev–Trinajstić information content (AvgIpc) is 2.41. The number of nitrogens with two attached hydrogens (primary N) is 1. The van der Waals surface area contributed by atoms with Crippen LogP contribution in [0.2, 0.25) is 0 Å². The first kappa shape index (κ1) is 13.8. The molecular weight excluding hydrogens is 230 g/mol. The van der Waals surface area contributed by atoms with E-state index in [1.807, 2.05) is 5.01 Å². The number of carbonyl (C=O) groups excluding carboxylic acids is 1. The lowest BCUT2D eigenvalue weighted by atomic mass is 9.72. The fourth-order valence-corrected chi connectivity index (χ4v) is 2.99. The van der Waals surface area contributed by atoms with Crippen LogP contribution in [0.3, 0.4) is 0 Å². The number of ether oxygens (including phenoxy) is 1. The third-order valence-corrected chi connectivity index (χ3v) is 4.18. The van der Waals surface area contributed by atoms with Crippen molar-refractivity contribution in [2.75, 3.05) is 32.8 Å². The fraction of sp³-hybridized carbons (Fsp3) is 0.923. The van der Waals surface area contributed by atoms with Crippen LogP contribution in [-0.2, 0) is 9.53 Å². The average molecular weight is 255 g/mol. The summed E-state index contributed by atoms with van der Waals surface area (Å²) >= 11 is 0. The Bertz CT molecular complexity index is 271. The maximum absolute atomic E-state index is 12.1. The molecule has 2 aliphatic rings. The highest BCUT2D eigenvalue weighted by Gasteiger charge is 2.33. The molecule has 0 aromatic rings. The third-order valence-electron chi connectivity index (χ3n) is 4.18. The molecule has 5 nitrogen and oxygen atoms in total. The summed E-state index contributed by atoms with van der Waals surface area (Å²) < 4.78 is 5.26. The lowest BCUT2D eigenvalue weighted by molar-refractivity contribution is -0.130. The molecule has 1 heterocycles. The molecule has 2 fully saturated rings. The van der Waals surface area contributed by atoms with Crippen LogP contribution in [0.1, 0.15) is 38.5 Å². The first-order valence-electron chi connectivity index (χ1n) is 7.06. The van der Waals surface area contributed by atoms with Gasteiger partial charge < -0.3 is 10.5 Å². The predicted molar refractivity (Wildman–Crippen MR) is 69.7 cm³/mol. The van der Waals surface area contributed by atoms with E-state index in [0.717, 1.165) is 25.9 Å². The molecule has 0 unspecified atom stereocenters. The van der Waals surface area contributed by atoms with E-state index >= 15 is 0 Å². The Morgan fingerprint density at radius 3 is 2.50 bits per heavy atom. The van der Waals surface area contributed by atoms with Crippen LogP contribution >= 0.6 is 0 Å². The van der Waals surface area contributed by atoms with Crippen molar-refractivity contribution in [1.29, 1.82) is 0 Å². The van der Waals surface area contributed by atoms with Gasteiger partial charge in [0.1, 0.15) is 0 Å². The van der Waals surface area contributed by atoms with Gasteiger partial charge in [-0.2, -0.15) is 0 Å². The molecule has 1 amide bonds. The Morgan fingerprint density at radius 2 is 1.89 bits per heavy atom. The van der Waals surface area contributed by atoms with Crippen LogP contribution in [-0.4, -0.2) is 43.8 Å². The number of nitrogens with zero attached hydrogens (tertiary/aromatic N) is 1. The Labute approximate surface area is 109 Å². The van der Waals surface area contributed by atoms with Gasteiger partial charge in [-0.15, -0.1) is 0 Å². The van der Waals surface area contributed by atoms with Crippen molar-refractivity contribution in [2.24, 2.45) is 11.1 Å². The van der Waals surface area contributed by atoms with Crippen LogP contribution in [0.15, 0.2) is 0 Å². The second-order valence-corrected chi connectivity index (χ2v) is 5.58. The van der Waals surface area contributed by atoms with Gasteiger partial charge in [0.15, 0.2) is 0 Å². The monoisotopic (exact) mass is 255 g/mol. The van der Waals surface area contributed by atoms with Gasteiger partial charge in [-0.25, -0.2) is 5.01 Å². The summed E-state index contributed by atoms with van der Waals surface area (Å²) in [4.78, 5) is 12.1. The summed E-state index contributed by atoms with van der Waals surface area (Å²) in [6.45, 7) is 3.58. The largest absolute Gasteiger partial charge is 0.379 e. The van der Waals surface area contributed by atoms with Crippen LogP contribution in [0.4, 0.5) is 0 Å². The van der Waals surface area contributed by atoms with Crippen molar-refractivity contribution in [2.45, 2.75) is 38.5 Å². The normalized spacial score (nSPS) is 24.7. The molecule has 0 aromatic carbocycles. The molecule has 0 bridgehead atoms. The maximum Gasteiger partial charge on any atom is 0.234 e. The standard InChI is InChI=1S/C13H25N3O2/c14-11-13(4-2-1-3-5-13)10-12(17)15-16-6-8-18-9-7-16/h1-11,14H2,(H,15,17). The molecule has 0 atom stereocenters. The molecule has 2 rings (SSSR count). The highest BCUT2D eigenvalue weighted by molar-refractivity contribution is 5.76. The minimum atomic E-state index is 0.0502. The van der Waals surface area contributed by atoms with Gasteiger partial charge in [0, 0.05) is 19.5 Å². The minimum absolute atomic E-state index is 0.0502. The molecule has 1 aliphatic carbocycles. The highest BCUT2D eigenvalue weighted by atomic mass is 16.5. The van der Waals surface area contributed by atoms with Gasteiger partial charge in [-0.3, -0.25) is 10.2 Å². The zero-order valence-electron chi connectivity index (χ0n) is 11.1. The second kappa shape index (κ2) is 6.50. The van der Waals surface area contributed by atoms with Gasteiger partial charge in [0.2, 0.25) is 5.91 Å². The molecule has 5 heteroatoms. The second-order valence-electron chi connectivity index (χ2n) is 5.58. The zero-order chi connectivity index (χ0) is 12.8. The third kappa shape index (κ3) is 3.67. The summed E-state index contributed by atoms with van der Waals surface area (Å²) in [6, 6.07) is 0. The molecule has 104 valence electrons. The number of amides is 1. The first-order chi connectivity index (χ1) is 8.74. The van der Waals surface area contributed by atoms with Gasteiger partial charge in [0.05, 0.1) is 13.2 Å². The summed E-state index contributed by atoms with van der Waals surface area (Å²) in [5.74, 6) is 0.115. The van der Waals surface area contributed by atoms with Crippen LogP contribution in [0.5, 0.6) is 0 Å². The summed E-state index contributed by atoms with van der Waals surface area (Å²) in [7, 11) is 0. The van der Waals surface area contributed by atoms with Gasteiger partial charge >= 0.3 is 0 Å². The van der Waals surface area contributed by atoms with Crippen molar-refractivity contribution < 1.29 is 9.53 Å². The minimum Gasteiger partial charge on any atom is -0.379 e. The molecule has 0 spiro atoms. The van der Waals surface area contributed by atoms with Gasteiger partial charge in [-0.05, 0) is 24.8 Å². The van der Waals surface area contributed by atoms with E-state index in [0.29, 0.717) is 26.2 Å². The number of hydrogen-bond acceptors (Lipinski definition) is 4. The Hall–Kier alpha value is -0.650. The number of hydrogen-bond donors (Lipinski definition) is 2. The van der Waals surface area contributed by atoms with E-state index in [1.54, 1.807) is 0 Å².